The third-order valence-electron chi connectivity index (χ3n) is 1.85. The van der Waals surface area contributed by atoms with Gasteiger partial charge >= 0.3 is 5.97 Å². The molecule has 0 unspecified atom stereocenters. The molecule has 1 rings (SSSR count). The topological polar surface area (TPSA) is 58.6 Å². The van der Waals surface area contributed by atoms with Crippen LogP contribution < -0.4 is 5.32 Å². The minimum atomic E-state index is -0.871. The lowest BCUT2D eigenvalue weighted by Crippen LogP contribution is -2.51. The van der Waals surface area contributed by atoms with Crippen LogP contribution in [0.25, 0.3) is 0 Å². The van der Waals surface area contributed by atoms with Crippen LogP contribution in [-0.2, 0) is 9.53 Å². The van der Waals surface area contributed by atoms with Crippen molar-refractivity contribution in [2.75, 3.05) is 13.2 Å². The van der Waals surface area contributed by atoms with Crippen LogP contribution in [0.2, 0.25) is 0 Å². The Balaban J connectivity index is 2.51. The molecule has 0 radical (unpaired) electrons. The molecule has 0 aromatic heterocycles. The van der Waals surface area contributed by atoms with Gasteiger partial charge in [-0.1, -0.05) is 6.92 Å². The Labute approximate surface area is 65.5 Å². The van der Waals surface area contributed by atoms with E-state index in [1.807, 2.05) is 6.92 Å². The fourth-order valence-electron chi connectivity index (χ4n) is 1.26. The van der Waals surface area contributed by atoms with Gasteiger partial charge < -0.3 is 15.2 Å². The zero-order valence-electron chi connectivity index (χ0n) is 6.54. The van der Waals surface area contributed by atoms with Gasteiger partial charge in [-0.3, -0.25) is 0 Å². The Hall–Kier alpha value is -0.610. The summed E-state index contributed by atoms with van der Waals surface area (Å²) in [6.45, 7) is 3.19. The molecule has 0 aromatic rings. The van der Waals surface area contributed by atoms with Crippen molar-refractivity contribution in [3.63, 3.8) is 0 Å². The predicted octanol–water partition coefficient (Wildman–Crippen LogP) is -0.162. The van der Waals surface area contributed by atoms with Crippen LogP contribution in [0.4, 0.5) is 0 Å². The summed E-state index contributed by atoms with van der Waals surface area (Å²) >= 11 is 0. The van der Waals surface area contributed by atoms with Gasteiger partial charge in [-0.15, -0.1) is 0 Å². The number of carboxylic acids is 1. The fraction of sp³-hybridized carbons (Fsp3) is 0.857. The van der Waals surface area contributed by atoms with Crippen molar-refractivity contribution in [2.24, 2.45) is 0 Å². The average Bonchev–Trinajstić information content (AvgIpc) is 2.04. The van der Waals surface area contributed by atoms with Gasteiger partial charge in [0.15, 0.2) is 6.10 Å². The minimum absolute atomic E-state index is 0.0266. The first-order chi connectivity index (χ1) is 5.25. The first kappa shape index (κ1) is 8.49. The van der Waals surface area contributed by atoms with E-state index in [2.05, 4.69) is 5.32 Å². The lowest BCUT2D eigenvalue weighted by molar-refractivity contribution is -0.155. The number of hydrogen-bond acceptors (Lipinski definition) is 3. The van der Waals surface area contributed by atoms with Crippen molar-refractivity contribution in [3.8, 4) is 0 Å². The van der Waals surface area contributed by atoms with Gasteiger partial charge in [0.25, 0.3) is 0 Å². The quantitative estimate of drug-likeness (QED) is 0.587. The van der Waals surface area contributed by atoms with E-state index in [-0.39, 0.29) is 6.04 Å². The number of rotatable bonds is 2. The molecule has 1 aliphatic heterocycles. The summed E-state index contributed by atoms with van der Waals surface area (Å²) in [5, 5.41) is 11.8. The third kappa shape index (κ3) is 1.91. The highest BCUT2D eigenvalue weighted by molar-refractivity contribution is 5.73. The maximum absolute atomic E-state index is 10.6. The van der Waals surface area contributed by atoms with E-state index in [1.54, 1.807) is 0 Å². The summed E-state index contributed by atoms with van der Waals surface area (Å²) in [6.07, 6.45) is 0.130. The van der Waals surface area contributed by atoms with Crippen molar-refractivity contribution < 1.29 is 14.6 Å². The molecule has 4 heteroatoms. The number of carboxylic acid groups (broad SMARTS) is 1. The number of hydrogen-bond donors (Lipinski definition) is 2. The number of morpholine rings is 1. The van der Waals surface area contributed by atoms with Gasteiger partial charge in [0, 0.05) is 12.6 Å². The highest BCUT2D eigenvalue weighted by Crippen LogP contribution is 2.07. The maximum atomic E-state index is 10.6. The van der Waals surface area contributed by atoms with E-state index in [0.717, 1.165) is 13.0 Å². The normalized spacial score (nSPS) is 31.7. The molecule has 0 spiro atoms. The van der Waals surface area contributed by atoms with E-state index in [4.69, 9.17) is 9.84 Å². The number of carbonyl (C=O) groups is 1. The van der Waals surface area contributed by atoms with Crippen LogP contribution in [0.5, 0.6) is 0 Å². The molecule has 0 aromatic carbocycles. The van der Waals surface area contributed by atoms with Crippen molar-refractivity contribution in [2.45, 2.75) is 25.5 Å². The van der Waals surface area contributed by atoms with Crippen LogP contribution >= 0.6 is 0 Å². The molecule has 1 heterocycles. The molecule has 0 aliphatic carbocycles. The average molecular weight is 159 g/mol. The molecular weight excluding hydrogens is 146 g/mol. The third-order valence-corrected chi connectivity index (χ3v) is 1.85. The number of aliphatic carboxylic acids is 1. The second-order valence-corrected chi connectivity index (χ2v) is 2.60. The molecule has 1 aliphatic rings. The first-order valence-corrected chi connectivity index (χ1v) is 3.83. The molecule has 0 saturated carbocycles. The second-order valence-electron chi connectivity index (χ2n) is 2.60. The van der Waals surface area contributed by atoms with Gasteiger partial charge in [-0.2, -0.15) is 0 Å². The largest absolute Gasteiger partial charge is 0.479 e. The first-order valence-electron chi connectivity index (χ1n) is 3.83. The Morgan fingerprint density at radius 1 is 1.82 bits per heavy atom. The van der Waals surface area contributed by atoms with Crippen LogP contribution in [0.1, 0.15) is 13.3 Å². The predicted molar refractivity (Wildman–Crippen MR) is 39.5 cm³/mol. The van der Waals surface area contributed by atoms with Gasteiger partial charge in [0.1, 0.15) is 0 Å². The summed E-state index contributed by atoms with van der Waals surface area (Å²) in [6, 6.07) is -0.0266. The van der Waals surface area contributed by atoms with Gasteiger partial charge in [-0.05, 0) is 6.42 Å². The van der Waals surface area contributed by atoms with E-state index in [9.17, 15) is 4.79 Å². The molecule has 11 heavy (non-hydrogen) atoms. The Morgan fingerprint density at radius 3 is 3.00 bits per heavy atom. The molecular formula is C7H13NO3. The van der Waals surface area contributed by atoms with Gasteiger partial charge in [-0.25, -0.2) is 4.79 Å². The van der Waals surface area contributed by atoms with E-state index in [1.165, 1.54) is 0 Å². The van der Waals surface area contributed by atoms with Gasteiger partial charge in [0.2, 0.25) is 0 Å². The maximum Gasteiger partial charge on any atom is 0.334 e. The van der Waals surface area contributed by atoms with E-state index >= 15 is 0 Å². The molecule has 1 saturated heterocycles. The number of nitrogens with one attached hydrogen (secondary N) is 1. The van der Waals surface area contributed by atoms with Gasteiger partial charge in [0.05, 0.1) is 6.61 Å². The van der Waals surface area contributed by atoms with Crippen LogP contribution in [0.15, 0.2) is 0 Å². The zero-order valence-corrected chi connectivity index (χ0v) is 6.54. The lowest BCUT2D eigenvalue weighted by atomic mass is 10.1. The minimum Gasteiger partial charge on any atom is -0.479 e. The van der Waals surface area contributed by atoms with Crippen molar-refractivity contribution in [3.05, 3.63) is 0 Å². The second kappa shape index (κ2) is 3.69. The molecule has 0 bridgehead atoms. The smallest absolute Gasteiger partial charge is 0.334 e. The molecule has 0 amide bonds. The summed E-state index contributed by atoms with van der Waals surface area (Å²) in [5.41, 5.74) is 0. The van der Waals surface area contributed by atoms with Crippen molar-refractivity contribution in [1.29, 1.82) is 0 Å². The van der Waals surface area contributed by atoms with E-state index < -0.39 is 12.1 Å². The van der Waals surface area contributed by atoms with Crippen molar-refractivity contribution in [1.82, 2.24) is 5.32 Å². The molecule has 2 atom stereocenters. The Bertz CT molecular complexity index is 149. The molecule has 64 valence electrons. The highest BCUT2D eigenvalue weighted by atomic mass is 16.5. The standard InChI is InChI=1S/C7H13NO3/c1-2-5-6(7(9)10)11-4-3-8-5/h5-6,8H,2-4H2,1H3,(H,9,10)/t5-,6-/m0/s1. The van der Waals surface area contributed by atoms with Crippen molar-refractivity contribution >= 4 is 5.97 Å². The summed E-state index contributed by atoms with van der Waals surface area (Å²) in [5.74, 6) is -0.871. The lowest BCUT2D eigenvalue weighted by Gasteiger charge is -2.28. The van der Waals surface area contributed by atoms with Crippen LogP contribution in [0.3, 0.4) is 0 Å². The monoisotopic (exact) mass is 159 g/mol. The van der Waals surface area contributed by atoms with Crippen LogP contribution in [0, 0.1) is 0 Å². The molecule has 2 N–H and O–H groups in total. The molecule has 4 nitrogen and oxygen atoms in total. The van der Waals surface area contributed by atoms with E-state index in [0.29, 0.717) is 6.61 Å². The Kier molecular flexibility index (Phi) is 2.84. The molecule has 1 fully saturated rings. The highest BCUT2D eigenvalue weighted by Gasteiger charge is 2.29. The fourth-order valence-corrected chi connectivity index (χ4v) is 1.26. The SMILES string of the molecule is CC[C@@H]1NCCO[C@@H]1C(=O)O. The Morgan fingerprint density at radius 2 is 2.55 bits per heavy atom. The number of ether oxygens (including phenoxy) is 1. The summed E-state index contributed by atoms with van der Waals surface area (Å²) in [4.78, 5) is 10.6. The van der Waals surface area contributed by atoms with Crippen LogP contribution in [-0.4, -0.2) is 36.4 Å². The summed E-state index contributed by atoms with van der Waals surface area (Å²) in [7, 11) is 0. The summed E-state index contributed by atoms with van der Waals surface area (Å²) < 4.78 is 5.08. The zero-order chi connectivity index (χ0) is 8.27.